The molecule has 138 valence electrons. The van der Waals surface area contributed by atoms with Gasteiger partial charge in [0.05, 0.1) is 4.92 Å². The van der Waals surface area contributed by atoms with E-state index in [0.29, 0.717) is 16.5 Å². The van der Waals surface area contributed by atoms with Crippen LogP contribution in [0.5, 0.6) is 0 Å². The number of non-ortho nitro benzene ring substituents is 1. The van der Waals surface area contributed by atoms with Crippen LogP contribution in [-0.2, 0) is 0 Å². The number of halogens is 1. The van der Waals surface area contributed by atoms with Gasteiger partial charge in [-0.2, -0.15) is 5.26 Å². The molecule has 0 saturated heterocycles. The van der Waals surface area contributed by atoms with E-state index < -0.39 is 10.7 Å². The number of hydrogen-bond acceptors (Lipinski definition) is 5. The van der Waals surface area contributed by atoms with E-state index in [1.165, 1.54) is 24.3 Å². The summed E-state index contributed by atoms with van der Waals surface area (Å²) in [5.74, 6) is 0.235. The van der Waals surface area contributed by atoms with Gasteiger partial charge in [-0.05, 0) is 36.8 Å². The van der Waals surface area contributed by atoms with Crippen LogP contribution in [0.25, 0.3) is 17.4 Å². The second kappa shape index (κ2) is 7.91. The number of nitro benzene ring substituents is 1. The van der Waals surface area contributed by atoms with Crippen molar-refractivity contribution in [3.8, 4) is 17.4 Å². The maximum Gasteiger partial charge on any atom is 0.270 e. The number of hydrogen-bond donors (Lipinski definition) is 0. The van der Waals surface area contributed by atoms with Crippen LogP contribution < -0.4 is 0 Å². The Morgan fingerprint density at radius 1 is 1.21 bits per heavy atom. The Kier molecular flexibility index (Phi) is 5.39. The van der Waals surface area contributed by atoms with Crippen LogP contribution in [0, 0.1) is 28.4 Å². The summed E-state index contributed by atoms with van der Waals surface area (Å²) in [7, 11) is 0. The van der Waals surface area contributed by atoms with E-state index in [0.717, 1.165) is 17.2 Å². The SMILES string of the molecule is Cc1ccc(Cl)cc1-c1ccc(/C=C(\C#N)C(=O)c2cccc([N+](=O)[O-])c2)o1. The molecule has 3 rings (SSSR count). The van der Waals surface area contributed by atoms with Crippen LogP contribution in [0.3, 0.4) is 0 Å². The molecule has 3 aromatic rings. The molecule has 0 aliphatic heterocycles. The second-order valence-electron chi connectivity index (χ2n) is 5.97. The molecule has 0 spiro atoms. The fourth-order valence-electron chi connectivity index (χ4n) is 2.64. The Labute approximate surface area is 165 Å². The highest BCUT2D eigenvalue weighted by molar-refractivity contribution is 6.30. The lowest BCUT2D eigenvalue weighted by Gasteiger charge is -2.03. The molecule has 0 aliphatic carbocycles. The maximum absolute atomic E-state index is 12.6. The van der Waals surface area contributed by atoms with E-state index in [2.05, 4.69) is 0 Å². The zero-order chi connectivity index (χ0) is 20.3. The van der Waals surface area contributed by atoms with Gasteiger partial charge in [0.15, 0.2) is 0 Å². The average molecular weight is 393 g/mol. The number of allylic oxidation sites excluding steroid dienone is 1. The van der Waals surface area contributed by atoms with Gasteiger partial charge in [0, 0.05) is 34.4 Å². The number of rotatable bonds is 5. The van der Waals surface area contributed by atoms with Crippen molar-refractivity contribution in [1.29, 1.82) is 5.26 Å². The number of carbonyl (C=O) groups excluding carboxylic acids is 1. The molecule has 0 saturated carbocycles. The van der Waals surface area contributed by atoms with Crippen molar-refractivity contribution in [1.82, 2.24) is 0 Å². The lowest BCUT2D eigenvalue weighted by atomic mass is 10.0. The number of ketones is 1. The summed E-state index contributed by atoms with van der Waals surface area (Å²) in [5, 5.41) is 20.8. The third-order valence-corrected chi connectivity index (χ3v) is 4.30. The zero-order valence-corrected chi connectivity index (χ0v) is 15.4. The first kappa shape index (κ1) is 19.1. The fraction of sp³-hybridized carbons (Fsp3) is 0.0476. The Bertz CT molecular complexity index is 1160. The topological polar surface area (TPSA) is 97.1 Å². The van der Waals surface area contributed by atoms with Crippen LogP contribution in [0.2, 0.25) is 5.02 Å². The van der Waals surface area contributed by atoms with Gasteiger partial charge in [0.2, 0.25) is 5.78 Å². The summed E-state index contributed by atoms with van der Waals surface area (Å²) >= 11 is 6.04. The van der Waals surface area contributed by atoms with Gasteiger partial charge in [0.25, 0.3) is 5.69 Å². The molecule has 0 radical (unpaired) electrons. The van der Waals surface area contributed by atoms with Gasteiger partial charge in [-0.1, -0.05) is 29.8 Å². The highest BCUT2D eigenvalue weighted by Crippen LogP contribution is 2.29. The van der Waals surface area contributed by atoms with Gasteiger partial charge >= 0.3 is 0 Å². The molecule has 0 aliphatic rings. The summed E-state index contributed by atoms with van der Waals surface area (Å²) in [4.78, 5) is 22.8. The molecule has 7 heteroatoms. The van der Waals surface area contributed by atoms with E-state index >= 15 is 0 Å². The number of carbonyl (C=O) groups is 1. The fourth-order valence-corrected chi connectivity index (χ4v) is 2.81. The van der Waals surface area contributed by atoms with Gasteiger partial charge in [-0.3, -0.25) is 14.9 Å². The minimum atomic E-state index is -0.622. The van der Waals surface area contributed by atoms with E-state index in [4.69, 9.17) is 16.0 Å². The van der Waals surface area contributed by atoms with Gasteiger partial charge < -0.3 is 4.42 Å². The number of furan rings is 1. The predicted octanol–water partition coefficient (Wildman–Crippen LogP) is 5.61. The standard InChI is InChI=1S/C21H13ClN2O4/c1-13-5-6-16(22)11-19(13)20-8-7-18(28-20)10-15(12-23)21(25)14-3-2-4-17(9-14)24(26)27/h2-11H,1H3/b15-10+. The Balaban J connectivity index is 1.94. The quantitative estimate of drug-likeness (QED) is 0.185. The first-order chi connectivity index (χ1) is 13.4. The number of aryl methyl sites for hydroxylation is 1. The van der Waals surface area contributed by atoms with Crippen LogP contribution in [0.15, 0.2) is 64.6 Å². The van der Waals surface area contributed by atoms with Crippen molar-refractivity contribution < 1.29 is 14.1 Å². The number of nitrogens with zero attached hydrogens (tertiary/aromatic N) is 2. The maximum atomic E-state index is 12.6. The van der Waals surface area contributed by atoms with E-state index in [1.807, 2.05) is 19.1 Å². The van der Waals surface area contributed by atoms with Crippen LogP contribution in [-0.4, -0.2) is 10.7 Å². The molecule has 0 atom stereocenters. The molecule has 1 aromatic heterocycles. The summed E-state index contributed by atoms with van der Waals surface area (Å²) < 4.78 is 5.74. The minimum absolute atomic E-state index is 0.0551. The highest BCUT2D eigenvalue weighted by Gasteiger charge is 2.17. The summed E-state index contributed by atoms with van der Waals surface area (Å²) in [5.41, 5.74) is 1.40. The van der Waals surface area contributed by atoms with E-state index in [9.17, 15) is 20.2 Å². The summed E-state index contributed by atoms with van der Waals surface area (Å²) in [6.45, 7) is 1.91. The number of nitriles is 1. The predicted molar refractivity (Wildman–Crippen MR) is 105 cm³/mol. The molecule has 0 bridgehead atoms. The molecular formula is C21H13ClN2O4. The van der Waals surface area contributed by atoms with Gasteiger partial charge in [0.1, 0.15) is 23.2 Å². The number of Topliss-reactive ketones (excluding diaryl/α,β-unsaturated/α-hetero) is 1. The summed E-state index contributed by atoms with van der Waals surface area (Å²) in [6, 6.07) is 15.8. The first-order valence-electron chi connectivity index (χ1n) is 8.16. The van der Waals surface area contributed by atoms with Crippen LogP contribution in [0.1, 0.15) is 21.7 Å². The number of nitro groups is 1. The Hall–Kier alpha value is -3.69. The van der Waals surface area contributed by atoms with E-state index in [-0.39, 0.29) is 16.8 Å². The molecule has 0 unspecified atom stereocenters. The average Bonchev–Trinajstić information content (AvgIpc) is 3.16. The highest BCUT2D eigenvalue weighted by atomic mass is 35.5. The minimum Gasteiger partial charge on any atom is -0.457 e. The second-order valence-corrected chi connectivity index (χ2v) is 6.40. The van der Waals surface area contributed by atoms with Crippen molar-refractivity contribution in [2.75, 3.05) is 0 Å². The third kappa shape index (κ3) is 4.00. The smallest absolute Gasteiger partial charge is 0.270 e. The normalized spacial score (nSPS) is 11.1. The Morgan fingerprint density at radius 3 is 2.71 bits per heavy atom. The monoisotopic (exact) mass is 392 g/mol. The van der Waals surface area contributed by atoms with Crippen molar-refractivity contribution in [2.24, 2.45) is 0 Å². The molecule has 2 aromatic carbocycles. The molecular weight excluding hydrogens is 380 g/mol. The largest absolute Gasteiger partial charge is 0.457 e. The van der Waals surface area contributed by atoms with Crippen molar-refractivity contribution in [3.63, 3.8) is 0 Å². The van der Waals surface area contributed by atoms with Crippen molar-refractivity contribution in [3.05, 3.63) is 92.2 Å². The molecule has 6 nitrogen and oxygen atoms in total. The molecule has 0 fully saturated rings. The van der Waals surface area contributed by atoms with Crippen LogP contribution in [0.4, 0.5) is 5.69 Å². The zero-order valence-electron chi connectivity index (χ0n) is 14.7. The van der Waals surface area contributed by atoms with Crippen molar-refractivity contribution in [2.45, 2.75) is 6.92 Å². The van der Waals surface area contributed by atoms with Crippen molar-refractivity contribution >= 4 is 29.1 Å². The number of benzene rings is 2. The van der Waals surface area contributed by atoms with E-state index in [1.54, 1.807) is 24.3 Å². The van der Waals surface area contributed by atoms with Gasteiger partial charge in [-0.15, -0.1) is 0 Å². The lowest BCUT2D eigenvalue weighted by Crippen LogP contribution is -2.02. The molecule has 1 heterocycles. The lowest BCUT2D eigenvalue weighted by molar-refractivity contribution is -0.384. The summed E-state index contributed by atoms with van der Waals surface area (Å²) in [6.07, 6.45) is 1.31. The molecule has 0 amide bonds. The van der Waals surface area contributed by atoms with Crippen LogP contribution >= 0.6 is 11.6 Å². The molecule has 0 N–H and O–H groups in total. The van der Waals surface area contributed by atoms with Gasteiger partial charge in [-0.25, -0.2) is 0 Å². The molecule has 28 heavy (non-hydrogen) atoms. The third-order valence-electron chi connectivity index (χ3n) is 4.06. The first-order valence-corrected chi connectivity index (χ1v) is 8.54. The Morgan fingerprint density at radius 2 is 2.00 bits per heavy atom.